The van der Waals surface area contributed by atoms with Gasteiger partial charge in [-0.1, -0.05) is 6.08 Å². The molecule has 0 saturated heterocycles. The van der Waals surface area contributed by atoms with Crippen molar-refractivity contribution in [2.45, 2.75) is 13.3 Å². The maximum Gasteiger partial charge on any atom is 0.293 e. The van der Waals surface area contributed by atoms with Crippen molar-refractivity contribution in [3.63, 3.8) is 0 Å². The number of ether oxygens (including phenoxy) is 1. The monoisotopic (exact) mass is 142 g/mol. The highest BCUT2D eigenvalue weighted by Crippen LogP contribution is 1.85. The summed E-state index contributed by atoms with van der Waals surface area (Å²) < 4.78 is 4.32. The molecule has 0 N–H and O–H groups in total. The zero-order chi connectivity index (χ0) is 7.82. The predicted octanol–water partition coefficient (Wildman–Crippen LogP) is 0.695. The molecular formula is C7H10O3. The number of carbonyl (C=O) groups excluding carboxylic acids is 2. The Morgan fingerprint density at radius 2 is 2.30 bits per heavy atom. The van der Waals surface area contributed by atoms with Crippen molar-refractivity contribution in [1.29, 1.82) is 0 Å². The van der Waals surface area contributed by atoms with Gasteiger partial charge in [0.2, 0.25) is 0 Å². The van der Waals surface area contributed by atoms with E-state index in [9.17, 15) is 9.59 Å². The highest BCUT2D eigenvalue weighted by Gasteiger charge is 1.93. The second kappa shape index (κ2) is 6.01. The standard InChI is InChI=1S/C7H10O3/c1-2-3-7(9)4-5-10-6-8/h2-3,6H,4-5H2,1H3/b3-2+. The molecule has 0 aliphatic carbocycles. The molecule has 10 heavy (non-hydrogen) atoms. The van der Waals surface area contributed by atoms with Crippen molar-refractivity contribution in [3.8, 4) is 0 Å². The molecule has 0 spiro atoms. The van der Waals surface area contributed by atoms with Crippen LogP contribution in [0.2, 0.25) is 0 Å². The van der Waals surface area contributed by atoms with Crippen molar-refractivity contribution in [2.75, 3.05) is 6.61 Å². The van der Waals surface area contributed by atoms with Crippen LogP contribution in [0.5, 0.6) is 0 Å². The van der Waals surface area contributed by atoms with Crippen LogP contribution in [0.15, 0.2) is 12.2 Å². The van der Waals surface area contributed by atoms with Crippen LogP contribution in [-0.4, -0.2) is 18.9 Å². The van der Waals surface area contributed by atoms with Gasteiger partial charge in [-0.05, 0) is 13.0 Å². The third-order valence-corrected chi connectivity index (χ3v) is 0.887. The van der Waals surface area contributed by atoms with E-state index in [0.717, 1.165) is 0 Å². The number of allylic oxidation sites excluding steroid dienone is 2. The van der Waals surface area contributed by atoms with Gasteiger partial charge in [-0.3, -0.25) is 9.59 Å². The van der Waals surface area contributed by atoms with Gasteiger partial charge in [0.05, 0.1) is 6.61 Å². The minimum absolute atomic E-state index is 0.0237. The summed E-state index contributed by atoms with van der Waals surface area (Å²) in [4.78, 5) is 20.2. The van der Waals surface area contributed by atoms with E-state index in [2.05, 4.69) is 4.74 Å². The van der Waals surface area contributed by atoms with Gasteiger partial charge in [-0.2, -0.15) is 0 Å². The maximum absolute atomic E-state index is 10.6. The molecule has 0 rings (SSSR count). The van der Waals surface area contributed by atoms with Crippen LogP contribution >= 0.6 is 0 Å². The van der Waals surface area contributed by atoms with Crippen LogP contribution in [0.1, 0.15) is 13.3 Å². The van der Waals surface area contributed by atoms with Crippen molar-refractivity contribution < 1.29 is 14.3 Å². The lowest BCUT2D eigenvalue weighted by Gasteiger charge is -1.92. The van der Waals surface area contributed by atoms with E-state index >= 15 is 0 Å². The largest absolute Gasteiger partial charge is 0.467 e. The van der Waals surface area contributed by atoms with Gasteiger partial charge < -0.3 is 4.74 Å². The molecule has 0 aliphatic rings. The second-order valence-corrected chi connectivity index (χ2v) is 1.68. The number of hydrogen-bond acceptors (Lipinski definition) is 3. The summed E-state index contributed by atoms with van der Waals surface area (Å²) >= 11 is 0. The first-order valence-electron chi connectivity index (χ1n) is 3.02. The average molecular weight is 142 g/mol. The minimum atomic E-state index is -0.0237. The highest BCUT2D eigenvalue weighted by atomic mass is 16.5. The van der Waals surface area contributed by atoms with Crippen LogP contribution in [0.25, 0.3) is 0 Å². The van der Waals surface area contributed by atoms with Gasteiger partial charge in [0.15, 0.2) is 5.78 Å². The molecular weight excluding hydrogens is 132 g/mol. The Kier molecular flexibility index (Phi) is 5.33. The highest BCUT2D eigenvalue weighted by molar-refractivity contribution is 5.89. The van der Waals surface area contributed by atoms with E-state index in [4.69, 9.17) is 0 Å². The lowest BCUT2D eigenvalue weighted by atomic mass is 10.3. The second-order valence-electron chi connectivity index (χ2n) is 1.68. The number of ketones is 1. The molecule has 3 nitrogen and oxygen atoms in total. The van der Waals surface area contributed by atoms with Gasteiger partial charge in [-0.15, -0.1) is 0 Å². The maximum atomic E-state index is 10.6. The molecule has 0 fully saturated rings. The van der Waals surface area contributed by atoms with Gasteiger partial charge in [-0.25, -0.2) is 0 Å². The number of hydrogen-bond donors (Lipinski definition) is 0. The Hall–Kier alpha value is -1.12. The summed E-state index contributed by atoms with van der Waals surface area (Å²) in [6.45, 7) is 2.27. The third kappa shape index (κ3) is 5.03. The molecule has 0 heterocycles. The fourth-order valence-corrected chi connectivity index (χ4v) is 0.477. The molecule has 0 aromatic heterocycles. The van der Waals surface area contributed by atoms with E-state index in [1.54, 1.807) is 13.0 Å². The quantitative estimate of drug-likeness (QED) is 0.322. The van der Waals surface area contributed by atoms with Crippen molar-refractivity contribution in [2.24, 2.45) is 0 Å². The lowest BCUT2D eigenvalue weighted by Crippen LogP contribution is -1.99. The summed E-state index contributed by atoms with van der Waals surface area (Å²) in [5.41, 5.74) is 0. The first-order valence-corrected chi connectivity index (χ1v) is 3.02. The molecule has 0 aliphatic heterocycles. The average Bonchev–Trinajstić information content (AvgIpc) is 1.89. The van der Waals surface area contributed by atoms with Gasteiger partial charge in [0.25, 0.3) is 6.47 Å². The summed E-state index contributed by atoms with van der Waals surface area (Å²) in [5, 5.41) is 0. The Labute approximate surface area is 59.7 Å². The Morgan fingerprint density at radius 3 is 2.80 bits per heavy atom. The van der Waals surface area contributed by atoms with E-state index in [1.165, 1.54) is 6.08 Å². The molecule has 0 unspecified atom stereocenters. The molecule has 0 aromatic carbocycles. The van der Waals surface area contributed by atoms with Crippen LogP contribution < -0.4 is 0 Å². The molecule has 0 bridgehead atoms. The lowest BCUT2D eigenvalue weighted by molar-refractivity contribution is -0.129. The van der Waals surface area contributed by atoms with Crippen molar-refractivity contribution in [3.05, 3.63) is 12.2 Å². The van der Waals surface area contributed by atoms with Gasteiger partial charge in [0.1, 0.15) is 0 Å². The van der Waals surface area contributed by atoms with Crippen LogP contribution in [0, 0.1) is 0 Å². The van der Waals surface area contributed by atoms with E-state index in [0.29, 0.717) is 6.47 Å². The van der Waals surface area contributed by atoms with Gasteiger partial charge in [0, 0.05) is 6.42 Å². The Morgan fingerprint density at radius 1 is 1.60 bits per heavy atom. The van der Waals surface area contributed by atoms with E-state index < -0.39 is 0 Å². The SMILES string of the molecule is C/C=C/C(=O)CCOC=O. The Balaban J connectivity index is 3.30. The van der Waals surface area contributed by atoms with Crippen LogP contribution in [0.3, 0.4) is 0 Å². The van der Waals surface area contributed by atoms with Crippen molar-refractivity contribution in [1.82, 2.24) is 0 Å². The molecule has 0 atom stereocenters. The fraction of sp³-hybridized carbons (Fsp3) is 0.429. The van der Waals surface area contributed by atoms with Crippen LogP contribution in [-0.2, 0) is 14.3 Å². The summed E-state index contributed by atoms with van der Waals surface area (Å²) in [5.74, 6) is -0.0237. The van der Waals surface area contributed by atoms with Crippen molar-refractivity contribution >= 4 is 12.3 Å². The topological polar surface area (TPSA) is 43.4 Å². The smallest absolute Gasteiger partial charge is 0.293 e. The van der Waals surface area contributed by atoms with E-state index in [-0.39, 0.29) is 18.8 Å². The third-order valence-electron chi connectivity index (χ3n) is 0.887. The van der Waals surface area contributed by atoms with Crippen LogP contribution in [0.4, 0.5) is 0 Å². The summed E-state index contributed by atoms with van der Waals surface area (Å²) in [6.07, 6.45) is 3.38. The summed E-state index contributed by atoms with van der Waals surface area (Å²) in [7, 11) is 0. The molecule has 0 amide bonds. The zero-order valence-electron chi connectivity index (χ0n) is 5.87. The minimum Gasteiger partial charge on any atom is -0.467 e. The Bertz CT molecular complexity index is 138. The number of rotatable bonds is 5. The predicted molar refractivity (Wildman–Crippen MR) is 36.5 cm³/mol. The zero-order valence-corrected chi connectivity index (χ0v) is 5.87. The van der Waals surface area contributed by atoms with Gasteiger partial charge >= 0.3 is 0 Å². The summed E-state index contributed by atoms with van der Waals surface area (Å²) in [6, 6.07) is 0. The first kappa shape index (κ1) is 8.88. The normalized spacial score (nSPS) is 9.70. The molecule has 56 valence electrons. The molecule has 3 heteroatoms. The molecule has 0 saturated carbocycles. The molecule has 0 radical (unpaired) electrons. The fourth-order valence-electron chi connectivity index (χ4n) is 0.477. The molecule has 0 aromatic rings. The van der Waals surface area contributed by atoms with E-state index in [1.807, 2.05) is 0 Å². The number of carbonyl (C=O) groups is 2. The first-order chi connectivity index (χ1) is 4.81.